The summed E-state index contributed by atoms with van der Waals surface area (Å²) in [7, 11) is -3.93. The molecule has 0 fully saturated rings. The van der Waals surface area contributed by atoms with Crippen molar-refractivity contribution in [2.75, 3.05) is 0 Å². The lowest BCUT2D eigenvalue weighted by molar-refractivity contribution is -0.126. The van der Waals surface area contributed by atoms with Gasteiger partial charge < -0.3 is 0 Å². The smallest absolute Gasteiger partial charge is 0.299 e. The topological polar surface area (TPSA) is 92.3 Å². The minimum atomic E-state index is -3.93. The molecule has 0 radical (unpaired) electrons. The summed E-state index contributed by atoms with van der Waals surface area (Å²) in [6.45, 7) is 1.28. The standard InChI is InChI=1S/C11H14N2O4S/c1-9(14)7-11(15)13-18(16,17)12-8-10-5-3-2-4-6-10/h2-6,12H,7-8H2,1H3,(H,13,15). The van der Waals surface area contributed by atoms with E-state index in [1.54, 1.807) is 29.0 Å². The number of hydrogen-bond donors (Lipinski definition) is 2. The minimum absolute atomic E-state index is 0.0729. The molecule has 18 heavy (non-hydrogen) atoms. The van der Waals surface area contributed by atoms with Crippen LogP contribution in [0.2, 0.25) is 0 Å². The molecule has 0 saturated carbocycles. The molecule has 0 unspecified atom stereocenters. The van der Waals surface area contributed by atoms with Gasteiger partial charge in [-0.2, -0.15) is 13.1 Å². The van der Waals surface area contributed by atoms with Crippen LogP contribution in [-0.4, -0.2) is 20.1 Å². The third-order valence-electron chi connectivity index (χ3n) is 1.97. The molecule has 1 amide bonds. The van der Waals surface area contributed by atoms with E-state index in [1.165, 1.54) is 6.92 Å². The van der Waals surface area contributed by atoms with Gasteiger partial charge in [0.15, 0.2) is 0 Å². The molecule has 1 aromatic rings. The molecular formula is C11H14N2O4S. The Bertz CT molecular complexity index is 525. The van der Waals surface area contributed by atoms with E-state index in [2.05, 4.69) is 4.72 Å². The Hall–Kier alpha value is -1.73. The fourth-order valence-electron chi connectivity index (χ4n) is 1.22. The second kappa shape index (κ2) is 6.27. The molecule has 0 aromatic heterocycles. The van der Waals surface area contributed by atoms with Gasteiger partial charge in [0.1, 0.15) is 5.78 Å². The fraction of sp³-hybridized carbons (Fsp3) is 0.273. The maximum absolute atomic E-state index is 11.4. The predicted octanol–water partition coefficient (Wildman–Crippen LogP) is 0.116. The van der Waals surface area contributed by atoms with Gasteiger partial charge in [0.05, 0.1) is 6.42 Å². The van der Waals surface area contributed by atoms with Gasteiger partial charge in [0.2, 0.25) is 5.91 Å². The van der Waals surface area contributed by atoms with Crippen LogP contribution < -0.4 is 9.44 Å². The lowest BCUT2D eigenvalue weighted by Gasteiger charge is -2.07. The predicted molar refractivity (Wildman–Crippen MR) is 65.6 cm³/mol. The summed E-state index contributed by atoms with van der Waals surface area (Å²) in [4.78, 5) is 21.8. The van der Waals surface area contributed by atoms with Crippen LogP contribution in [-0.2, 0) is 26.3 Å². The van der Waals surface area contributed by atoms with Crippen LogP contribution >= 0.6 is 0 Å². The molecule has 0 spiro atoms. The van der Waals surface area contributed by atoms with Crippen LogP contribution in [0.3, 0.4) is 0 Å². The fourth-order valence-corrected chi connectivity index (χ4v) is 2.02. The lowest BCUT2D eigenvalue weighted by Crippen LogP contribution is -2.40. The zero-order chi connectivity index (χ0) is 13.6. The van der Waals surface area contributed by atoms with Gasteiger partial charge in [-0.05, 0) is 12.5 Å². The molecule has 98 valence electrons. The first-order chi connectivity index (χ1) is 8.39. The number of carbonyl (C=O) groups is 2. The number of Topliss-reactive ketones (excluding diaryl/α,β-unsaturated/α-hetero) is 1. The van der Waals surface area contributed by atoms with Crippen LogP contribution in [0.4, 0.5) is 0 Å². The van der Waals surface area contributed by atoms with E-state index >= 15 is 0 Å². The van der Waals surface area contributed by atoms with Gasteiger partial charge in [0, 0.05) is 6.54 Å². The maximum atomic E-state index is 11.4. The Morgan fingerprint density at radius 1 is 1.17 bits per heavy atom. The van der Waals surface area contributed by atoms with Gasteiger partial charge in [-0.25, -0.2) is 4.72 Å². The van der Waals surface area contributed by atoms with E-state index in [0.29, 0.717) is 0 Å². The highest BCUT2D eigenvalue weighted by Crippen LogP contribution is 1.98. The second-order valence-electron chi connectivity index (χ2n) is 3.71. The van der Waals surface area contributed by atoms with Crippen molar-refractivity contribution >= 4 is 21.9 Å². The van der Waals surface area contributed by atoms with Gasteiger partial charge >= 0.3 is 10.2 Å². The number of rotatable bonds is 6. The molecule has 6 nitrogen and oxygen atoms in total. The Balaban J connectivity index is 2.50. The molecule has 2 N–H and O–H groups in total. The lowest BCUT2D eigenvalue weighted by atomic mass is 10.2. The number of carbonyl (C=O) groups excluding carboxylic acids is 2. The Morgan fingerprint density at radius 3 is 2.33 bits per heavy atom. The zero-order valence-corrected chi connectivity index (χ0v) is 10.7. The first-order valence-corrected chi connectivity index (χ1v) is 6.71. The van der Waals surface area contributed by atoms with Gasteiger partial charge in [-0.1, -0.05) is 30.3 Å². The van der Waals surface area contributed by atoms with E-state index in [4.69, 9.17) is 0 Å². The first-order valence-electron chi connectivity index (χ1n) is 5.22. The first kappa shape index (κ1) is 14.3. The summed E-state index contributed by atoms with van der Waals surface area (Å²) in [6.07, 6.45) is -0.452. The molecule has 0 heterocycles. The monoisotopic (exact) mass is 270 g/mol. The Morgan fingerprint density at radius 2 is 1.78 bits per heavy atom. The quantitative estimate of drug-likeness (QED) is 0.718. The van der Waals surface area contributed by atoms with E-state index in [1.807, 2.05) is 6.07 Å². The highest BCUT2D eigenvalue weighted by Gasteiger charge is 2.14. The van der Waals surface area contributed by atoms with Crippen LogP contribution in [0.15, 0.2) is 30.3 Å². The molecule has 7 heteroatoms. The molecular weight excluding hydrogens is 256 g/mol. The van der Waals surface area contributed by atoms with Crippen molar-refractivity contribution in [3.05, 3.63) is 35.9 Å². The number of nitrogens with one attached hydrogen (secondary N) is 2. The summed E-state index contributed by atoms with van der Waals surface area (Å²) in [6, 6.07) is 8.86. The van der Waals surface area contributed by atoms with Gasteiger partial charge in [-0.15, -0.1) is 0 Å². The van der Waals surface area contributed by atoms with Crippen LogP contribution in [0.1, 0.15) is 18.9 Å². The van der Waals surface area contributed by atoms with Gasteiger partial charge in [0.25, 0.3) is 0 Å². The number of amides is 1. The second-order valence-corrected chi connectivity index (χ2v) is 5.21. The highest BCUT2D eigenvalue weighted by atomic mass is 32.2. The molecule has 0 bridgehead atoms. The van der Waals surface area contributed by atoms with Crippen LogP contribution in [0, 0.1) is 0 Å². The average Bonchev–Trinajstić information content (AvgIpc) is 2.26. The molecule has 0 aliphatic carbocycles. The molecule has 0 saturated heterocycles. The van der Waals surface area contributed by atoms with Crippen molar-refractivity contribution in [2.24, 2.45) is 0 Å². The van der Waals surface area contributed by atoms with E-state index in [-0.39, 0.29) is 6.54 Å². The third kappa shape index (κ3) is 5.55. The van der Waals surface area contributed by atoms with Crippen LogP contribution in [0.5, 0.6) is 0 Å². The summed E-state index contributed by atoms with van der Waals surface area (Å²) in [5.41, 5.74) is 0.766. The van der Waals surface area contributed by atoms with Crippen molar-refractivity contribution in [3.63, 3.8) is 0 Å². The SMILES string of the molecule is CC(=O)CC(=O)NS(=O)(=O)NCc1ccccc1. The Labute approximate surface area is 106 Å². The summed E-state index contributed by atoms with van der Waals surface area (Å²) >= 11 is 0. The zero-order valence-electron chi connectivity index (χ0n) is 9.84. The van der Waals surface area contributed by atoms with Crippen molar-refractivity contribution in [3.8, 4) is 0 Å². The van der Waals surface area contributed by atoms with E-state index in [9.17, 15) is 18.0 Å². The number of ketones is 1. The maximum Gasteiger partial charge on any atom is 0.301 e. The van der Waals surface area contributed by atoms with E-state index < -0.39 is 28.3 Å². The molecule has 1 aromatic carbocycles. The molecule has 1 rings (SSSR count). The number of hydrogen-bond acceptors (Lipinski definition) is 4. The molecule has 0 atom stereocenters. The van der Waals surface area contributed by atoms with Crippen molar-refractivity contribution < 1.29 is 18.0 Å². The summed E-state index contributed by atoms with van der Waals surface area (Å²) in [5, 5.41) is 0. The highest BCUT2D eigenvalue weighted by molar-refractivity contribution is 7.88. The normalized spacial score (nSPS) is 10.9. The minimum Gasteiger partial charge on any atom is -0.299 e. The summed E-state index contributed by atoms with van der Waals surface area (Å²) in [5.74, 6) is -1.24. The summed E-state index contributed by atoms with van der Waals surface area (Å²) < 4.78 is 26.9. The van der Waals surface area contributed by atoms with Crippen molar-refractivity contribution in [2.45, 2.75) is 19.9 Å². The number of benzene rings is 1. The average molecular weight is 270 g/mol. The van der Waals surface area contributed by atoms with Gasteiger partial charge in [-0.3, -0.25) is 9.59 Å². The Kier molecular flexibility index (Phi) is 4.99. The molecule has 0 aliphatic rings. The largest absolute Gasteiger partial charge is 0.301 e. The third-order valence-corrected chi connectivity index (χ3v) is 2.99. The van der Waals surface area contributed by atoms with Crippen molar-refractivity contribution in [1.82, 2.24) is 9.44 Å². The van der Waals surface area contributed by atoms with Crippen molar-refractivity contribution in [1.29, 1.82) is 0 Å². The molecule has 0 aliphatic heterocycles. The van der Waals surface area contributed by atoms with Crippen LogP contribution in [0.25, 0.3) is 0 Å². The van der Waals surface area contributed by atoms with E-state index in [0.717, 1.165) is 5.56 Å².